The van der Waals surface area contributed by atoms with Crippen molar-refractivity contribution < 1.29 is 47.8 Å². The molecule has 0 rings (SSSR count). The van der Waals surface area contributed by atoms with E-state index < -0.39 is 57.6 Å². The topological polar surface area (TPSA) is 169 Å². The van der Waals surface area contributed by atoms with Crippen molar-refractivity contribution in [2.45, 2.75) is 180 Å². The van der Waals surface area contributed by atoms with Crippen LogP contribution in [0.4, 0.5) is 0 Å². The number of unbranched alkanes of at least 4 members (excludes halogenated alkanes) is 18. The SMILES string of the molecule is CCCCCC/C=C\C/C=C\CCCCCCCCCC(=O)NC(COP(=O)(O)OCC(O)COC(=O)CCCCCCCCCC)C(=O)O. The minimum atomic E-state index is -4.74. The average molecular weight is 732 g/mol. The molecule has 50 heavy (non-hydrogen) atoms. The molecule has 0 fully saturated rings. The summed E-state index contributed by atoms with van der Waals surface area (Å²) in [6.45, 7) is 2.51. The van der Waals surface area contributed by atoms with Gasteiger partial charge in [0.1, 0.15) is 12.7 Å². The quantitative estimate of drug-likeness (QED) is 0.0211. The molecule has 3 atom stereocenters. The Hall–Kier alpha value is -2.04. The normalized spacial score (nSPS) is 14.2. The van der Waals surface area contributed by atoms with E-state index in [2.05, 4.69) is 43.5 Å². The van der Waals surface area contributed by atoms with Crippen LogP contribution >= 0.6 is 7.82 Å². The van der Waals surface area contributed by atoms with Gasteiger partial charge in [-0.2, -0.15) is 0 Å². The van der Waals surface area contributed by atoms with E-state index >= 15 is 0 Å². The highest BCUT2D eigenvalue weighted by molar-refractivity contribution is 7.47. The number of phosphoric ester groups is 1. The Morgan fingerprint density at radius 3 is 1.64 bits per heavy atom. The molecule has 0 heterocycles. The smallest absolute Gasteiger partial charge is 0.472 e. The van der Waals surface area contributed by atoms with Crippen molar-refractivity contribution in [2.24, 2.45) is 0 Å². The molecule has 0 aliphatic rings. The van der Waals surface area contributed by atoms with Crippen LogP contribution in [-0.4, -0.2) is 64.9 Å². The molecular formula is C38H70NO10P. The van der Waals surface area contributed by atoms with Crippen LogP contribution in [-0.2, 0) is 32.7 Å². The Labute approximate surface area is 302 Å². The maximum atomic E-state index is 12.3. The van der Waals surface area contributed by atoms with E-state index in [1.165, 1.54) is 70.6 Å². The van der Waals surface area contributed by atoms with Crippen LogP contribution in [0.2, 0.25) is 0 Å². The number of ether oxygens (including phenoxy) is 1. The van der Waals surface area contributed by atoms with Gasteiger partial charge >= 0.3 is 19.8 Å². The van der Waals surface area contributed by atoms with Crippen molar-refractivity contribution in [2.75, 3.05) is 19.8 Å². The van der Waals surface area contributed by atoms with E-state index in [-0.39, 0.29) is 12.8 Å². The molecule has 0 spiro atoms. The number of carboxylic acid groups (broad SMARTS) is 1. The molecule has 0 radical (unpaired) electrons. The van der Waals surface area contributed by atoms with Crippen LogP contribution < -0.4 is 5.32 Å². The number of aliphatic hydroxyl groups excluding tert-OH is 1. The third-order valence-electron chi connectivity index (χ3n) is 8.24. The highest BCUT2D eigenvalue weighted by Crippen LogP contribution is 2.43. The van der Waals surface area contributed by atoms with E-state index in [1.54, 1.807) is 0 Å². The Balaban J connectivity index is 3.96. The summed E-state index contributed by atoms with van der Waals surface area (Å²) in [5.41, 5.74) is 0. The summed E-state index contributed by atoms with van der Waals surface area (Å²) in [5.74, 6) is -2.39. The summed E-state index contributed by atoms with van der Waals surface area (Å²) in [6.07, 6.45) is 32.2. The van der Waals surface area contributed by atoms with Gasteiger partial charge in [-0.25, -0.2) is 9.36 Å². The van der Waals surface area contributed by atoms with Gasteiger partial charge < -0.3 is 25.2 Å². The fraction of sp³-hybridized carbons (Fsp3) is 0.816. The zero-order valence-electron chi connectivity index (χ0n) is 31.2. The Morgan fingerprint density at radius 1 is 0.640 bits per heavy atom. The molecule has 0 saturated carbocycles. The van der Waals surface area contributed by atoms with Gasteiger partial charge in [0.25, 0.3) is 0 Å². The largest absolute Gasteiger partial charge is 0.480 e. The van der Waals surface area contributed by atoms with Crippen molar-refractivity contribution in [3.8, 4) is 0 Å². The number of hydrogen-bond donors (Lipinski definition) is 4. The summed E-state index contributed by atoms with van der Waals surface area (Å²) in [7, 11) is -4.74. The minimum absolute atomic E-state index is 0.138. The zero-order chi connectivity index (χ0) is 37.1. The molecule has 0 bridgehead atoms. The van der Waals surface area contributed by atoms with Crippen molar-refractivity contribution in [1.82, 2.24) is 5.32 Å². The van der Waals surface area contributed by atoms with Gasteiger partial charge in [-0.15, -0.1) is 0 Å². The van der Waals surface area contributed by atoms with Crippen LogP contribution in [0.15, 0.2) is 24.3 Å². The standard InChI is InChI=1S/C38H70NO10P/c1-3-5-7-9-11-13-14-15-16-17-18-19-20-21-22-23-25-27-29-36(41)39-35(38(43)44)33-49-50(45,46)48-32-34(40)31-47-37(42)30-28-26-24-12-10-8-6-4-2/h13-14,16-17,34-35,40H,3-12,15,18-33H2,1-2H3,(H,39,41)(H,43,44)(H,45,46)/b14-13-,17-16-. The fourth-order valence-electron chi connectivity index (χ4n) is 5.17. The maximum Gasteiger partial charge on any atom is 0.472 e. The number of aliphatic carboxylic acids is 1. The highest BCUT2D eigenvalue weighted by Gasteiger charge is 2.28. The number of esters is 1. The zero-order valence-corrected chi connectivity index (χ0v) is 32.1. The first-order valence-corrected chi connectivity index (χ1v) is 20.9. The molecule has 0 aliphatic carbocycles. The van der Waals surface area contributed by atoms with Gasteiger partial charge in [0.2, 0.25) is 5.91 Å². The molecule has 0 aromatic heterocycles. The lowest BCUT2D eigenvalue weighted by molar-refractivity contribution is -0.147. The summed E-state index contributed by atoms with van der Waals surface area (Å²) in [6, 6.07) is -1.55. The van der Waals surface area contributed by atoms with Gasteiger partial charge in [0.05, 0.1) is 13.2 Å². The minimum Gasteiger partial charge on any atom is -0.480 e. The van der Waals surface area contributed by atoms with Crippen molar-refractivity contribution >= 4 is 25.7 Å². The molecule has 3 unspecified atom stereocenters. The summed E-state index contributed by atoms with van der Waals surface area (Å²) in [5, 5.41) is 21.7. The fourth-order valence-corrected chi connectivity index (χ4v) is 5.94. The van der Waals surface area contributed by atoms with Gasteiger partial charge in [0.15, 0.2) is 6.04 Å². The molecule has 292 valence electrons. The maximum absolute atomic E-state index is 12.3. The van der Waals surface area contributed by atoms with Crippen LogP contribution in [0.25, 0.3) is 0 Å². The van der Waals surface area contributed by atoms with E-state index in [9.17, 15) is 34.1 Å². The number of hydrogen-bond acceptors (Lipinski definition) is 8. The first-order valence-electron chi connectivity index (χ1n) is 19.4. The van der Waals surface area contributed by atoms with Crippen molar-refractivity contribution in [1.29, 1.82) is 0 Å². The van der Waals surface area contributed by atoms with Crippen LogP contribution in [0, 0.1) is 0 Å². The Kier molecular flexibility index (Phi) is 32.7. The monoisotopic (exact) mass is 731 g/mol. The second-order valence-electron chi connectivity index (χ2n) is 13.1. The number of aliphatic hydroxyl groups is 1. The highest BCUT2D eigenvalue weighted by atomic mass is 31.2. The first-order chi connectivity index (χ1) is 24.1. The molecule has 0 saturated heterocycles. The number of phosphoric acid groups is 1. The number of rotatable bonds is 36. The van der Waals surface area contributed by atoms with Gasteiger partial charge in [-0.05, 0) is 44.9 Å². The van der Waals surface area contributed by atoms with Gasteiger partial charge in [-0.3, -0.25) is 18.6 Å². The summed E-state index contributed by atoms with van der Waals surface area (Å²) in [4.78, 5) is 45.6. The lowest BCUT2D eigenvalue weighted by atomic mass is 10.1. The third kappa shape index (κ3) is 33.1. The van der Waals surface area contributed by atoms with Crippen LogP contribution in [0.1, 0.15) is 168 Å². The molecular weight excluding hydrogens is 661 g/mol. The molecule has 4 N–H and O–H groups in total. The molecule has 0 aliphatic heterocycles. The number of nitrogens with one attached hydrogen (secondary N) is 1. The summed E-state index contributed by atoms with van der Waals surface area (Å²) >= 11 is 0. The van der Waals surface area contributed by atoms with Crippen molar-refractivity contribution in [3.63, 3.8) is 0 Å². The predicted molar refractivity (Wildman–Crippen MR) is 199 cm³/mol. The summed E-state index contributed by atoms with van der Waals surface area (Å²) < 4.78 is 26.6. The van der Waals surface area contributed by atoms with Gasteiger partial charge in [0, 0.05) is 12.8 Å². The van der Waals surface area contributed by atoms with E-state index in [0.29, 0.717) is 12.8 Å². The lowest BCUT2D eigenvalue weighted by Gasteiger charge is -2.18. The van der Waals surface area contributed by atoms with E-state index in [0.717, 1.165) is 57.8 Å². The molecule has 12 heteroatoms. The molecule has 1 amide bonds. The van der Waals surface area contributed by atoms with Crippen LogP contribution in [0.3, 0.4) is 0 Å². The number of carbonyl (C=O) groups excluding carboxylic acids is 2. The number of allylic oxidation sites excluding steroid dienone is 4. The molecule has 0 aromatic rings. The Morgan fingerprint density at radius 2 is 1.10 bits per heavy atom. The molecule has 0 aromatic carbocycles. The molecule has 11 nitrogen and oxygen atoms in total. The van der Waals surface area contributed by atoms with Crippen molar-refractivity contribution in [3.05, 3.63) is 24.3 Å². The second kappa shape index (κ2) is 34.1. The number of carbonyl (C=O) groups is 3. The third-order valence-corrected chi connectivity index (χ3v) is 9.19. The number of carboxylic acids is 1. The van der Waals surface area contributed by atoms with Crippen LogP contribution in [0.5, 0.6) is 0 Å². The van der Waals surface area contributed by atoms with E-state index in [4.69, 9.17) is 13.8 Å². The average Bonchev–Trinajstić information content (AvgIpc) is 3.08. The first kappa shape index (κ1) is 48.0. The second-order valence-corrected chi connectivity index (χ2v) is 14.6. The Bertz CT molecular complexity index is 958. The number of amides is 1. The van der Waals surface area contributed by atoms with Gasteiger partial charge in [-0.1, -0.05) is 134 Å². The predicted octanol–water partition coefficient (Wildman–Crippen LogP) is 9.11. The lowest BCUT2D eigenvalue weighted by Crippen LogP contribution is -2.43. The van der Waals surface area contributed by atoms with E-state index in [1.807, 2.05) is 0 Å².